The molecule has 0 aliphatic carbocycles. The third-order valence-electron chi connectivity index (χ3n) is 4.56. The normalized spacial score (nSPS) is 12.7. The van der Waals surface area contributed by atoms with Crippen LogP contribution in [0.2, 0.25) is 0 Å². The van der Waals surface area contributed by atoms with E-state index in [2.05, 4.69) is 5.32 Å². The highest BCUT2D eigenvalue weighted by atomic mass is 19.1. The van der Waals surface area contributed by atoms with Crippen LogP contribution in [0.1, 0.15) is 30.1 Å². The van der Waals surface area contributed by atoms with Gasteiger partial charge in [-0.05, 0) is 48.9 Å². The Bertz CT molecular complexity index is 930. The number of carbonyl (C=O) groups excluding carboxylic acids is 3. The average molecular weight is 414 g/mol. The summed E-state index contributed by atoms with van der Waals surface area (Å²) in [7, 11) is 0. The van der Waals surface area contributed by atoms with Gasteiger partial charge >= 0.3 is 0 Å². The highest BCUT2D eigenvalue weighted by Gasteiger charge is 2.28. The van der Waals surface area contributed by atoms with Crippen LogP contribution >= 0.6 is 0 Å². The third-order valence-corrected chi connectivity index (χ3v) is 4.56. The summed E-state index contributed by atoms with van der Waals surface area (Å²) in [4.78, 5) is 38.4. The van der Waals surface area contributed by atoms with Crippen molar-refractivity contribution >= 4 is 23.3 Å². The number of Topliss-reactive ketones (excluding diaryl/α,β-unsaturated/α-hetero) is 1. The van der Waals surface area contributed by atoms with Gasteiger partial charge in [-0.15, -0.1) is 0 Å². The Labute approximate surface area is 173 Å². The number of anilines is 1. The number of fused-ring (bicyclic) bond motifs is 1. The van der Waals surface area contributed by atoms with E-state index in [-0.39, 0.29) is 37.4 Å². The molecule has 0 atom stereocenters. The Kier molecular flexibility index (Phi) is 7.00. The largest absolute Gasteiger partial charge is 0.485 e. The van der Waals surface area contributed by atoms with Gasteiger partial charge in [0, 0.05) is 12.1 Å². The maximum atomic E-state index is 13.0. The second kappa shape index (κ2) is 9.87. The van der Waals surface area contributed by atoms with Crippen molar-refractivity contribution in [1.82, 2.24) is 5.32 Å². The molecule has 2 amide bonds. The van der Waals surface area contributed by atoms with Gasteiger partial charge in [-0.3, -0.25) is 19.3 Å². The molecule has 1 aliphatic rings. The minimum atomic E-state index is -0.396. The van der Waals surface area contributed by atoms with Crippen molar-refractivity contribution in [3.8, 4) is 11.5 Å². The fourth-order valence-electron chi connectivity index (χ4n) is 2.92. The number of nitrogens with one attached hydrogen (secondary N) is 1. The van der Waals surface area contributed by atoms with Gasteiger partial charge in [0.1, 0.15) is 23.9 Å². The minimum Gasteiger partial charge on any atom is -0.485 e. The summed E-state index contributed by atoms with van der Waals surface area (Å²) in [6.07, 6.45) is 1.80. The van der Waals surface area contributed by atoms with Crippen LogP contribution < -0.4 is 19.7 Å². The molecule has 0 radical (unpaired) electrons. The first-order chi connectivity index (χ1) is 14.5. The Balaban J connectivity index is 1.70. The number of amides is 2. The number of hydrogen-bond donors (Lipinski definition) is 1. The lowest BCUT2D eigenvalue weighted by Crippen LogP contribution is -2.45. The van der Waals surface area contributed by atoms with Gasteiger partial charge in [0.05, 0.1) is 5.69 Å². The molecule has 30 heavy (non-hydrogen) atoms. The smallest absolute Gasteiger partial charge is 0.265 e. The zero-order chi connectivity index (χ0) is 21.5. The van der Waals surface area contributed by atoms with E-state index in [1.54, 1.807) is 12.1 Å². The zero-order valence-corrected chi connectivity index (χ0v) is 16.7. The van der Waals surface area contributed by atoms with Crippen LogP contribution in [0.25, 0.3) is 0 Å². The third kappa shape index (κ3) is 5.34. The van der Waals surface area contributed by atoms with Crippen LogP contribution in [-0.4, -0.2) is 43.9 Å². The summed E-state index contributed by atoms with van der Waals surface area (Å²) < 4.78 is 23.8. The van der Waals surface area contributed by atoms with Crippen LogP contribution in [0, 0.1) is 5.82 Å². The monoisotopic (exact) mass is 414 g/mol. The lowest BCUT2D eigenvalue weighted by Gasteiger charge is -2.29. The lowest BCUT2D eigenvalue weighted by atomic mass is 10.1. The van der Waals surface area contributed by atoms with E-state index in [1.165, 1.54) is 35.2 Å². The van der Waals surface area contributed by atoms with E-state index in [1.807, 2.05) is 6.92 Å². The van der Waals surface area contributed by atoms with Gasteiger partial charge in [0.25, 0.3) is 5.91 Å². The van der Waals surface area contributed by atoms with E-state index in [9.17, 15) is 18.8 Å². The second-order valence-corrected chi connectivity index (χ2v) is 6.82. The SMILES string of the molecule is CCCCNC(=O)CN1C(=O)COc2ccc(C(=O)COc3ccc(F)cc3)cc21. The molecule has 0 fully saturated rings. The van der Waals surface area contributed by atoms with Crippen LogP contribution in [0.5, 0.6) is 11.5 Å². The van der Waals surface area contributed by atoms with Crippen LogP contribution in [0.4, 0.5) is 10.1 Å². The molecule has 7 nitrogen and oxygen atoms in total. The molecule has 1 heterocycles. The van der Waals surface area contributed by atoms with Crippen LogP contribution in [0.15, 0.2) is 42.5 Å². The predicted molar refractivity (Wildman–Crippen MR) is 108 cm³/mol. The number of nitrogens with zero attached hydrogens (tertiary/aromatic N) is 1. The Hall–Kier alpha value is -3.42. The molecule has 158 valence electrons. The Morgan fingerprint density at radius 3 is 2.70 bits per heavy atom. The van der Waals surface area contributed by atoms with Crippen molar-refractivity contribution in [1.29, 1.82) is 0 Å². The Morgan fingerprint density at radius 2 is 1.97 bits per heavy atom. The van der Waals surface area contributed by atoms with E-state index in [0.717, 1.165) is 12.8 Å². The fourth-order valence-corrected chi connectivity index (χ4v) is 2.92. The molecular weight excluding hydrogens is 391 g/mol. The molecule has 0 bridgehead atoms. The first-order valence-electron chi connectivity index (χ1n) is 9.73. The molecule has 1 aliphatic heterocycles. The average Bonchev–Trinajstić information content (AvgIpc) is 2.75. The van der Waals surface area contributed by atoms with Crippen LogP contribution in [0.3, 0.4) is 0 Å². The molecule has 2 aromatic carbocycles. The van der Waals surface area contributed by atoms with Gasteiger partial charge < -0.3 is 14.8 Å². The highest BCUT2D eigenvalue weighted by molar-refractivity contribution is 6.04. The number of ether oxygens (including phenoxy) is 2. The van der Waals surface area contributed by atoms with Gasteiger partial charge in [-0.2, -0.15) is 0 Å². The van der Waals surface area contributed by atoms with Crippen LogP contribution in [-0.2, 0) is 9.59 Å². The number of unbranched alkanes of at least 4 members (excludes halogenated alkanes) is 1. The maximum absolute atomic E-state index is 13.0. The van der Waals surface area contributed by atoms with Gasteiger partial charge in [0.2, 0.25) is 5.91 Å². The number of benzene rings is 2. The summed E-state index contributed by atoms with van der Waals surface area (Å²) in [6, 6.07) is 10.0. The van der Waals surface area contributed by atoms with Crippen molar-refractivity contribution in [2.45, 2.75) is 19.8 Å². The summed E-state index contributed by atoms with van der Waals surface area (Å²) in [5, 5.41) is 2.77. The first-order valence-corrected chi connectivity index (χ1v) is 9.73. The maximum Gasteiger partial charge on any atom is 0.265 e. The minimum absolute atomic E-state index is 0.150. The molecule has 8 heteroatoms. The molecule has 2 aromatic rings. The summed E-state index contributed by atoms with van der Waals surface area (Å²) >= 11 is 0. The zero-order valence-electron chi connectivity index (χ0n) is 16.7. The number of ketones is 1. The molecule has 3 rings (SSSR count). The number of rotatable bonds is 9. The standard InChI is InChI=1S/C22H23FN2O5/c1-2-3-10-24-21(27)12-25-18-11-15(4-9-20(18)30-14-22(25)28)19(26)13-29-17-7-5-16(23)6-8-17/h4-9,11H,2-3,10,12-14H2,1H3,(H,24,27). The summed E-state index contributed by atoms with van der Waals surface area (Å²) in [5.74, 6) is -0.570. The summed E-state index contributed by atoms with van der Waals surface area (Å²) in [6.45, 7) is 1.99. The van der Waals surface area contributed by atoms with E-state index < -0.39 is 5.82 Å². The summed E-state index contributed by atoms with van der Waals surface area (Å²) in [5.41, 5.74) is 0.676. The molecular formula is C22H23FN2O5. The molecule has 0 aromatic heterocycles. The molecule has 0 spiro atoms. The van der Waals surface area contributed by atoms with Crippen molar-refractivity contribution in [2.24, 2.45) is 0 Å². The van der Waals surface area contributed by atoms with Crippen molar-refractivity contribution in [3.05, 3.63) is 53.8 Å². The first kappa shape index (κ1) is 21.3. The van der Waals surface area contributed by atoms with E-state index >= 15 is 0 Å². The fraction of sp³-hybridized carbons (Fsp3) is 0.318. The van der Waals surface area contributed by atoms with Crippen molar-refractivity contribution in [3.63, 3.8) is 0 Å². The van der Waals surface area contributed by atoms with Crippen molar-refractivity contribution in [2.75, 3.05) is 31.2 Å². The Morgan fingerprint density at radius 1 is 1.20 bits per heavy atom. The van der Waals surface area contributed by atoms with Gasteiger partial charge in [0.15, 0.2) is 19.0 Å². The van der Waals surface area contributed by atoms with E-state index in [4.69, 9.17) is 9.47 Å². The second-order valence-electron chi connectivity index (χ2n) is 6.82. The molecule has 0 saturated heterocycles. The lowest BCUT2D eigenvalue weighted by molar-refractivity contribution is -0.125. The van der Waals surface area contributed by atoms with E-state index in [0.29, 0.717) is 29.3 Å². The van der Waals surface area contributed by atoms with Gasteiger partial charge in [-0.25, -0.2) is 4.39 Å². The number of halogens is 1. The highest BCUT2D eigenvalue weighted by Crippen LogP contribution is 2.33. The predicted octanol–water partition coefficient (Wildman–Crippen LogP) is 2.73. The topological polar surface area (TPSA) is 84.9 Å². The van der Waals surface area contributed by atoms with Gasteiger partial charge in [-0.1, -0.05) is 13.3 Å². The number of hydrogen-bond acceptors (Lipinski definition) is 5. The molecule has 1 N–H and O–H groups in total. The quantitative estimate of drug-likeness (QED) is 0.504. The molecule has 0 saturated carbocycles. The van der Waals surface area contributed by atoms with Crippen molar-refractivity contribution < 1.29 is 28.2 Å². The number of carbonyl (C=O) groups is 3. The molecule has 0 unspecified atom stereocenters.